The van der Waals surface area contributed by atoms with Crippen LogP contribution in [0, 0.1) is 5.41 Å². The molecule has 0 unspecified atom stereocenters. The number of amides is 1. The largest absolute Gasteiger partial charge is 0.290 e. The SMILES string of the molecule is CC(C)N1C(=N)c2ccccc2C1=O. The number of carbonyl (C=O) groups excluding carboxylic acids is 1. The van der Waals surface area contributed by atoms with Gasteiger partial charge in [-0.1, -0.05) is 18.2 Å². The smallest absolute Gasteiger partial charge is 0.260 e. The molecule has 0 atom stereocenters. The van der Waals surface area contributed by atoms with Crippen molar-refractivity contribution >= 4 is 11.7 Å². The Kier molecular flexibility index (Phi) is 1.88. The fraction of sp³-hybridized carbons (Fsp3) is 0.273. The predicted molar refractivity (Wildman–Crippen MR) is 54.6 cm³/mol. The maximum absolute atomic E-state index is 11.8. The minimum atomic E-state index is -0.0550. The van der Waals surface area contributed by atoms with E-state index in [1.54, 1.807) is 6.07 Å². The number of hydrogen-bond donors (Lipinski definition) is 1. The van der Waals surface area contributed by atoms with E-state index in [1.807, 2.05) is 32.0 Å². The Hall–Kier alpha value is -1.64. The van der Waals surface area contributed by atoms with Crippen molar-refractivity contribution in [3.8, 4) is 0 Å². The van der Waals surface area contributed by atoms with E-state index in [1.165, 1.54) is 4.90 Å². The van der Waals surface area contributed by atoms with Crippen LogP contribution in [0.25, 0.3) is 0 Å². The molecule has 0 fully saturated rings. The first-order valence-corrected chi connectivity index (χ1v) is 4.64. The van der Waals surface area contributed by atoms with Gasteiger partial charge in [0.05, 0.1) is 5.56 Å². The highest BCUT2D eigenvalue weighted by Gasteiger charge is 2.33. The van der Waals surface area contributed by atoms with Crippen molar-refractivity contribution in [1.82, 2.24) is 4.90 Å². The summed E-state index contributed by atoms with van der Waals surface area (Å²) >= 11 is 0. The van der Waals surface area contributed by atoms with Crippen LogP contribution in [-0.2, 0) is 0 Å². The zero-order valence-corrected chi connectivity index (χ0v) is 8.24. The zero-order valence-electron chi connectivity index (χ0n) is 8.24. The maximum atomic E-state index is 11.8. The highest BCUT2D eigenvalue weighted by Crippen LogP contribution is 2.23. The lowest BCUT2D eigenvalue weighted by atomic mass is 10.1. The van der Waals surface area contributed by atoms with E-state index < -0.39 is 0 Å². The quantitative estimate of drug-likeness (QED) is 0.718. The molecular weight excluding hydrogens is 176 g/mol. The van der Waals surface area contributed by atoms with E-state index in [4.69, 9.17) is 5.41 Å². The van der Waals surface area contributed by atoms with Crippen molar-refractivity contribution in [2.75, 3.05) is 0 Å². The van der Waals surface area contributed by atoms with Gasteiger partial charge in [-0.2, -0.15) is 0 Å². The van der Waals surface area contributed by atoms with Crippen LogP contribution in [0.3, 0.4) is 0 Å². The highest BCUT2D eigenvalue weighted by molar-refractivity contribution is 6.22. The van der Waals surface area contributed by atoms with Crippen LogP contribution < -0.4 is 0 Å². The fourth-order valence-corrected chi connectivity index (χ4v) is 1.73. The van der Waals surface area contributed by atoms with Gasteiger partial charge in [0.15, 0.2) is 0 Å². The van der Waals surface area contributed by atoms with E-state index in [2.05, 4.69) is 0 Å². The molecule has 3 nitrogen and oxygen atoms in total. The maximum Gasteiger partial charge on any atom is 0.260 e. The van der Waals surface area contributed by atoms with Crippen LogP contribution in [0.5, 0.6) is 0 Å². The summed E-state index contributed by atoms with van der Waals surface area (Å²) in [5.74, 6) is 0.265. The van der Waals surface area contributed by atoms with Crippen molar-refractivity contribution in [3.05, 3.63) is 35.4 Å². The Morgan fingerprint density at radius 2 is 1.79 bits per heavy atom. The number of amidine groups is 1. The van der Waals surface area contributed by atoms with Crippen LogP contribution in [0.15, 0.2) is 24.3 Å². The van der Waals surface area contributed by atoms with Gasteiger partial charge in [0.1, 0.15) is 5.84 Å². The first-order chi connectivity index (χ1) is 6.63. The molecule has 0 aliphatic carbocycles. The second-order valence-electron chi connectivity index (χ2n) is 3.66. The van der Waals surface area contributed by atoms with Crippen LogP contribution in [0.4, 0.5) is 0 Å². The van der Waals surface area contributed by atoms with Gasteiger partial charge in [-0.3, -0.25) is 15.1 Å². The zero-order chi connectivity index (χ0) is 10.3. The number of benzene rings is 1. The second kappa shape index (κ2) is 2.94. The number of carbonyl (C=O) groups is 1. The first-order valence-electron chi connectivity index (χ1n) is 4.64. The van der Waals surface area contributed by atoms with Gasteiger partial charge in [0.2, 0.25) is 0 Å². The van der Waals surface area contributed by atoms with Crippen LogP contribution in [0.2, 0.25) is 0 Å². The molecule has 0 saturated heterocycles. The van der Waals surface area contributed by atoms with Crippen molar-refractivity contribution in [3.63, 3.8) is 0 Å². The molecule has 1 amide bonds. The Bertz CT molecular complexity index is 375. The number of fused-ring (bicyclic) bond motifs is 1. The molecule has 1 N–H and O–H groups in total. The van der Waals surface area contributed by atoms with E-state index in [-0.39, 0.29) is 11.9 Å². The standard InChI is InChI=1S/C11H12N2O/c1-7(2)13-10(12)8-5-3-4-6-9(8)11(13)14/h3-7,12H,1-2H3. The summed E-state index contributed by atoms with van der Waals surface area (Å²) in [6.07, 6.45) is 0. The summed E-state index contributed by atoms with van der Waals surface area (Å²) in [5.41, 5.74) is 1.39. The molecule has 0 bridgehead atoms. The molecule has 0 saturated carbocycles. The minimum Gasteiger partial charge on any atom is -0.290 e. The summed E-state index contributed by atoms with van der Waals surface area (Å²) in [7, 11) is 0. The minimum absolute atomic E-state index is 0.0439. The van der Waals surface area contributed by atoms with Gasteiger partial charge in [-0.15, -0.1) is 0 Å². The summed E-state index contributed by atoms with van der Waals surface area (Å²) in [5, 5.41) is 7.85. The van der Waals surface area contributed by atoms with Gasteiger partial charge >= 0.3 is 0 Å². The third kappa shape index (κ3) is 1.05. The van der Waals surface area contributed by atoms with E-state index >= 15 is 0 Å². The lowest BCUT2D eigenvalue weighted by Crippen LogP contribution is -2.35. The molecule has 0 spiro atoms. The van der Waals surface area contributed by atoms with Gasteiger partial charge in [-0.25, -0.2) is 0 Å². The summed E-state index contributed by atoms with van der Waals surface area (Å²) in [4.78, 5) is 13.4. The van der Waals surface area contributed by atoms with Crippen molar-refractivity contribution in [2.24, 2.45) is 0 Å². The van der Waals surface area contributed by atoms with Gasteiger partial charge < -0.3 is 0 Å². The Labute approximate surface area is 82.9 Å². The molecular formula is C11H12N2O. The molecule has 72 valence electrons. The van der Waals surface area contributed by atoms with Crippen LogP contribution in [0.1, 0.15) is 29.8 Å². The average Bonchev–Trinajstić information content (AvgIpc) is 2.41. The lowest BCUT2D eigenvalue weighted by Gasteiger charge is -2.19. The van der Waals surface area contributed by atoms with Crippen molar-refractivity contribution < 1.29 is 4.79 Å². The average molecular weight is 188 g/mol. The van der Waals surface area contributed by atoms with Gasteiger partial charge in [0, 0.05) is 11.6 Å². The van der Waals surface area contributed by atoms with Crippen LogP contribution >= 0.6 is 0 Å². The molecule has 14 heavy (non-hydrogen) atoms. The molecule has 0 radical (unpaired) electrons. The van der Waals surface area contributed by atoms with Crippen molar-refractivity contribution in [2.45, 2.75) is 19.9 Å². The molecule has 0 aromatic heterocycles. The van der Waals surface area contributed by atoms with E-state index in [0.717, 1.165) is 5.56 Å². The molecule has 1 aliphatic heterocycles. The van der Waals surface area contributed by atoms with Gasteiger partial charge in [-0.05, 0) is 19.9 Å². The number of nitrogens with zero attached hydrogens (tertiary/aromatic N) is 1. The lowest BCUT2D eigenvalue weighted by molar-refractivity contribution is 0.0832. The molecule has 1 heterocycles. The van der Waals surface area contributed by atoms with Crippen molar-refractivity contribution in [1.29, 1.82) is 5.41 Å². The molecule has 1 aromatic rings. The third-order valence-corrected chi connectivity index (χ3v) is 2.39. The summed E-state index contributed by atoms with van der Waals surface area (Å²) in [6.45, 7) is 3.83. The topological polar surface area (TPSA) is 44.2 Å². The Morgan fingerprint density at radius 1 is 1.21 bits per heavy atom. The number of hydrogen-bond acceptors (Lipinski definition) is 2. The first kappa shape index (κ1) is 8.94. The second-order valence-corrected chi connectivity index (χ2v) is 3.66. The van der Waals surface area contributed by atoms with E-state index in [0.29, 0.717) is 11.4 Å². The van der Waals surface area contributed by atoms with E-state index in [9.17, 15) is 4.79 Å². The monoisotopic (exact) mass is 188 g/mol. The predicted octanol–water partition coefficient (Wildman–Crippen LogP) is 1.88. The Balaban J connectivity index is 2.54. The third-order valence-electron chi connectivity index (χ3n) is 2.39. The highest BCUT2D eigenvalue weighted by atomic mass is 16.2. The number of nitrogens with one attached hydrogen (secondary N) is 1. The summed E-state index contributed by atoms with van der Waals surface area (Å²) in [6, 6.07) is 7.31. The van der Waals surface area contributed by atoms with Crippen LogP contribution in [-0.4, -0.2) is 22.7 Å². The fourth-order valence-electron chi connectivity index (χ4n) is 1.73. The van der Waals surface area contributed by atoms with Gasteiger partial charge in [0.25, 0.3) is 5.91 Å². The molecule has 1 aliphatic rings. The molecule has 3 heteroatoms. The summed E-state index contributed by atoms with van der Waals surface area (Å²) < 4.78 is 0. The molecule has 1 aromatic carbocycles. The molecule has 2 rings (SSSR count). The number of rotatable bonds is 1. The Morgan fingerprint density at radius 3 is 2.29 bits per heavy atom. The normalized spacial score (nSPS) is 15.2.